The lowest BCUT2D eigenvalue weighted by atomic mass is 9.92. The average Bonchev–Trinajstić information content (AvgIpc) is 2.43. The van der Waals surface area contributed by atoms with Crippen molar-refractivity contribution in [1.29, 1.82) is 0 Å². The van der Waals surface area contributed by atoms with E-state index in [1.807, 2.05) is 13.8 Å². The summed E-state index contributed by atoms with van der Waals surface area (Å²) in [4.78, 5) is 0. The van der Waals surface area contributed by atoms with E-state index >= 15 is 0 Å². The van der Waals surface area contributed by atoms with E-state index in [2.05, 4.69) is 48.5 Å². The Labute approximate surface area is 132 Å². The molecule has 0 radical (unpaired) electrons. The lowest BCUT2D eigenvalue weighted by molar-refractivity contribution is 0.376. The van der Waals surface area contributed by atoms with Crippen LogP contribution in [0.2, 0.25) is 0 Å². The minimum Gasteiger partial charge on any atom is -0.0683 e. The molecule has 0 rings (SSSR count). The van der Waals surface area contributed by atoms with Crippen LogP contribution in [0.5, 0.6) is 0 Å². The molecule has 1 unspecified atom stereocenters. The third-order valence-corrected chi connectivity index (χ3v) is 3.79. The maximum atomic E-state index is 2.37. The topological polar surface area (TPSA) is 0 Å². The van der Waals surface area contributed by atoms with Crippen molar-refractivity contribution in [2.24, 2.45) is 17.8 Å². The first kappa shape index (κ1) is 25.0. The van der Waals surface area contributed by atoms with Gasteiger partial charge in [-0.25, -0.2) is 0 Å². The largest absolute Gasteiger partial charge is 0.0683 e. The second kappa shape index (κ2) is 21.3. The second-order valence-corrected chi connectivity index (χ2v) is 6.61. The van der Waals surface area contributed by atoms with E-state index in [0.717, 1.165) is 17.8 Å². The van der Waals surface area contributed by atoms with Crippen molar-refractivity contribution in [2.75, 3.05) is 0 Å². The highest BCUT2D eigenvalue weighted by Gasteiger charge is 2.05. The van der Waals surface area contributed by atoms with Crippen molar-refractivity contribution in [2.45, 2.75) is 114 Å². The molecule has 20 heavy (non-hydrogen) atoms. The fraction of sp³-hybridized carbons (Fsp3) is 1.00. The fourth-order valence-electron chi connectivity index (χ4n) is 1.84. The SMILES string of the molecule is CC.CCCCC(C)C.CCCCCCC(C)C(C)C. The molecule has 0 aromatic rings. The predicted octanol–water partition coefficient (Wildman–Crippen LogP) is 8.11. The van der Waals surface area contributed by atoms with Crippen LogP contribution in [0.3, 0.4) is 0 Å². The van der Waals surface area contributed by atoms with Gasteiger partial charge in [0.1, 0.15) is 0 Å². The van der Waals surface area contributed by atoms with Crippen LogP contribution in [-0.4, -0.2) is 0 Å². The zero-order chi connectivity index (χ0) is 16.4. The molecule has 0 aromatic carbocycles. The first-order chi connectivity index (χ1) is 9.45. The molecule has 0 bridgehead atoms. The van der Waals surface area contributed by atoms with Crippen molar-refractivity contribution >= 4 is 0 Å². The Balaban J connectivity index is -0.000000277. The first-order valence-corrected chi connectivity index (χ1v) is 9.45. The van der Waals surface area contributed by atoms with Crippen LogP contribution < -0.4 is 0 Å². The molecule has 0 aliphatic carbocycles. The smallest absolute Gasteiger partial charge is 0.0420 e. The van der Waals surface area contributed by atoms with Crippen LogP contribution in [0.25, 0.3) is 0 Å². The molecule has 0 nitrogen and oxygen atoms in total. The fourth-order valence-corrected chi connectivity index (χ4v) is 1.84. The van der Waals surface area contributed by atoms with Gasteiger partial charge < -0.3 is 0 Å². The van der Waals surface area contributed by atoms with Crippen molar-refractivity contribution in [3.63, 3.8) is 0 Å². The van der Waals surface area contributed by atoms with E-state index in [9.17, 15) is 0 Å². The van der Waals surface area contributed by atoms with Crippen molar-refractivity contribution in [3.05, 3.63) is 0 Å². The van der Waals surface area contributed by atoms with Gasteiger partial charge >= 0.3 is 0 Å². The molecule has 0 fully saturated rings. The summed E-state index contributed by atoms with van der Waals surface area (Å²) in [7, 11) is 0. The molecule has 0 aromatic heterocycles. The molecule has 0 N–H and O–H groups in total. The molecule has 0 aliphatic heterocycles. The van der Waals surface area contributed by atoms with Gasteiger partial charge in [-0.05, 0) is 17.8 Å². The Bertz CT molecular complexity index is 135. The monoisotopic (exact) mass is 286 g/mol. The Morgan fingerprint density at radius 2 is 1.10 bits per heavy atom. The third-order valence-electron chi connectivity index (χ3n) is 3.79. The summed E-state index contributed by atoms with van der Waals surface area (Å²) in [6.45, 7) is 20.1. The van der Waals surface area contributed by atoms with E-state index in [1.165, 1.54) is 51.4 Å². The van der Waals surface area contributed by atoms with Crippen molar-refractivity contribution in [3.8, 4) is 0 Å². The predicted molar refractivity (Wildman–Crippen MR) is 98.5 cm³/mol. The average molecular weight is 287 g/mol. The van der Waals surface area contributed by atoms with Gasteiger partial charge in [-0.3, -0.25) is 0 Å². The molecule has 126 valence electrons. The van der Waals surface area contributed by atoms with Crippen molar-refractivity contribution < 1.29 is 0 Å². The highest BCUT2D eigenvalue weighted by molar-refractivity contribution is 4.56. The molecular formula is C20H46. The Morgan fingerprint density at radius 1 is 0.600 bits per heavy atom. The summed E-state index contributed by atoms with van der Waals surface area (Å²) in [5.41, 5.74) is 0. The maximum Gasteiger partial charge on any atom is -0.0420 e. The lowest BCUT2D eigenvalue weighted by Gasteiger charge is -2.14. The van der Waals surface area contributed by atoms with Gasteiger partial charge in [0.15, 0.2) is 0 Å². The Morgan fingerprint density at radius 3 is 1.40 bits per heavy atom. The van der Waals surface area contributed by atoms with E-state index in [4.69, 9.17) is 0 Å². The summed E-state index contributed by atoms with van der Waals surface area (Å²) in [5.74, 6) is 2.70. The van der Waals surface area contributed by atoms with Crippen LogP contribution in [0.4, 0.5) is 0 Å². The van der Waals surface area contributed by atoms with Crippen LogP contribution >= 0.6 is 0 Å². The van der Waals surface area contributed by atoms with Gasteiger partial charge in [-0.1, -0.05) is 114 Å². The van der Waals surface area contributed by atoms with Crippen LogP contribution in [0.15, 0.2) is 0 Å². The number of rotatable bonds is 9. The highest BCUT2D eigenvalue weighted by atomic mass is 14.1. The van der Waals surface area contributed by atoms with Gasteiger partial charge in [0, 0.05) is 0 Å². The summed E-state index contributed by atoms with van der Waals surface area (Å²) in [5, 5.41) is 0. The van der Waals surface area contributed by atoms with Gasteiger partial charge in [-0.15, -0.1) is 0 Å². The Kier molecular flexibility index (Phi) is 26.6. The lowest BCUT2D eigenvalue weighted by Crippen LogP contribution is -2.03. The molecule has 1 atom stereocenters. The van der Waals surface area contributed by atoms with Crippen LogP contribution in [0.1, 0.15) is 114 Å². The zero-order valence-electron chi connectivity index (χ0n) is 16.4. The quantitative estimate of drug-likeness (QED) is 0.375. The maximum absolute atomic E-state index is 2.37. The van der Waals surface area contributed by atoms with Gasteiger partial charge in [0.25, 0.3) is 0 Å². The van der Waals surface area contributed by atoms with E-state index in [-0.39, 0.29) is 0 Å². The summed E-state index contributed by atoms with van der Waals surface area (Å²) in [6.07, 6.45) is 11.2. The minimum atomic E-state index is 0.872. The third kappa shape index (κ3) is 26.5. The number of hydrogen-bond acceptors (Lipinski definition) is 0. The molecule has 0 heterocycles. The number of unbranched alkanes of at least 4 members (excludes halogenated alkanes) is 4. The van der Waals surface area contributed by atoms with Gasteiger partial charge in [0.05, 0.1) is 0 Å². The summed E-state index contributed by atoms with van der Waals surface area (Å²) < 4.78 is 0. The first-order valence-electron chi connectivity index (χ1n) is 9.45. The van der Waals surface area contributed by atoms with Crippen molar-refractivity contribution in [1.82, 2.24) is 0 Å². The molecule has 0 spiro atoms. The molecule has 0 amide bonds. The van der Waals surface area contributed by atoms with Crippen LogP contribution in [0, 0.1) is 17.8 Å². The van der Waals surface area contributed by atoms with E-state index in [0.29, 0.717) is 0 Å². The van der Waals surface area contributed by atoms with E-state index in [1.54, 1.807) is 0 Å². The standard InChI is InChI=1S/C11H24.C7H16.C2H6/c1-5-6-7-8-9-11(4)10(2)3;1-4-5-6-7(2)3;1-2/h10-11H,5-9H2,1-4H3;7H,4-6H2,1-3H3;1-2H3. The molecule has 0 aliphatic rings. The minimum absolute atomic E-state index is 0.872. The van der Waals surface area contributed by atoms with Crippen LogP contribution in [-0.2, 0) is 0 Å². The Hall–Kier alpha value is 0. The molecule has 0 heteroatoms. The van der Waals surface area contributed by atoms with Gasteiger partial charge in [-0.2, -0.15) is 0 Å². The molecular weight excluding hydrogens is 240 g/mol. The summed E-state index contributed by atoms with van der Waals surface area (Å²) in [6, 6.07) is 0. The molecule has 0 saturated heterocycles. The number of hydrogen-bond donors (Lipinski definition) is 0. The van der Waals surface area contributed by atoms with E-state index < -0.39 is 0 Å². The molecule has 0 saturated carbocycles. The van der Waals surface area contributed by atoms with Gasteiger partial charge in [0.2, 0.25) is 0 Å². The summed E-state index contributed by atoms with van der Waals surface area (Å²) >= 11 is 0. The second-order valence-electron chi connectivity index (χ2n) is 6.61. The zero-order valence-corrected chi connectivity index (χ0v) is 16.4. The highest BCUT2D eigenvalue weighted by Crippen LogP contribution is 2.17. The normalized spacial score (nSPS) is 11.6.